The molecule has 0 saturated carbocycles. The fourth-order valence-corrected chi connectivity index (χ4v) is 1.76. The normalized spacial score (nSPS) is 10.3. The van der Waals surface area contributed by atoms with Gasteiger partial charge in [-0.3, -0.25) is 9.69 Å². The number of rotatable bonds is 6. The Labute approximate surface area is 123 Å². The molecule has 1 aromatic heterocycles. The number of aromatic nitrogens is 1. The smallest absolute Gasteiger partial charge is 0.304 e. The first-order valence-electron chi connectivity index (χ1n) is 6.06. The number of carboxylic acid groups (broad SMARTS) is 1. The van der Waals surface area contributed by atoms with Crippen molar-refractivity contribution in [1.29, 1.82) is 0 Å². The van der Waals surface area contributed by atoms with E-state index in [2.05, 4.69) is 5.16 Å². The summed E-state index contributed by atoms with van der Waals surface area (Å²) in [5.74, 6) is -0.0684. The van der Waals surface area contributed by atoms with E-state index >= 15 is 0 Å². The maximum Gasteiger partial charge on any atom is 0.304 e. The largest absolute Gasteiger partial charge is 0.481 e. The van der Waals surface area contributed by atoms with Gasteiger partial charge in [-0.05, 0) is 7.05 Å². The standard InChI is InChI=1S/C14H16N2O3.ClH/c1-16(8-7-14(17)18)10-12-9-13(15-19-12)11-5-3-2-4-6-11;/h2-6,9H,7-8,10H2,1H3,(H,17,18);1H. The number of benzene rings is 1. The van der Waals surface area contributed by atoms with Crippen molar-refractivity contribution in [2.75, 3.05) is 13.6 Å². The second kappa shape index (κ2) is 7.67. The average molecular weight is 297 g/mol. The quantitative estimate of drug-likeness (QED) is 0.887. The van der Waals surface area contributed by atoms with Crippen LogP contribution in [0.5, 0.6) is 0 Å². The zero-order valence-corrected chi connectivity index (χ0v) is 12.0. The third kappa shape index (κ3) is 4.68. The second-order valence-corrected chi connectivity index (χ2v) is 4.43. The van der Waals surface area contributed by atoms with Gasteiger partial charge < -0.3 is 9.63 Å². The molecule has 0 aliphatic carbocycles. The molecule has 6 heteroatoms. The summed E-state index contributed by atoms with van der Waals surface area (Å²) in [6, 6.07) is 11.7. The summed E-state index contributed by atoms with van der Waals surface area (Å²) < 4.78 is 5.26. The van der Waals surface area contributed by atoms with Gasteiger partial charge in [-0.1, -0.05) is 35.5 Å². The highest BCUT2D eigenvalue weighted by Gasteiger charge is 2.09. The topological polar surface area (TPSA) is 66.6 Å². The maximum atomic E-state index is 10.5. The first-order valence-corrected chi connectivity index (χ1v) is 6.06. The van der Waals surface area contributed by atoms with Gasteiger partial charge in [0, 0.05) is 18.2 Å². The van der Waals surface area contributed by atoms with E-state index in [1.807, 2.05) is 48.3 Å². The van der Waals surface area contributed by atoms with Crippen LogP contribution in [-0.4, -0.2) is 34.7 Å². The molecule has 0 atom stereocenters. The highest BCUT2D eigenvalue weighted by Crippen LogP contribution is 2.19. The third-order valence-corrected chi connectivity index (χ3v) is 2.76. The van der Waals surface area contributed by atoms with Crippen molar-refractivity contribution < 1.29 is 14.4 Å². The Balaban J connectivity index is 0.00000200. The van der Waals surface area contributed by atoms with Gasteiger partial charge in [0.15, 0.2) is 5.76 Å². The van der Waals surface area contributed by atoms with E-state index in [4.69, 9.17) is 9.63 Å². The molecule has 2 rings (SSSR count). The molecule has 5 nitrogen and oxygen atoms in total. The highest BCUT2D eigenvalue weighted by atomic mass is 35.5. The van der Waals surface area contributed by atoms with Crippen LogP contribution in [0.1, 0.15) is 12.2 Å². The minimum atomic E-state index is -0.797. The van der Waals surface area contributed by atoms with Crippen molar-refractivity contribution in [1.82, 2.24) is 10.1 Å². The number of halogens is 1. The molecule has 1 aromatic carbocycles. The molecule has 0 aliphatic heterocycles. The average Bonchev–Trinajstić information content (AvgIpc) is 2.86. The summed E-state index contributed by atoms with van der Waals surface area (Å²) in [6.45, 7) is 1.03. The van der Waals surface area contributed by atoms with E-state index < -0.39 is 5.97 Å². The van der Waals surface area contributed by atoms with Crippen LogP contribution in [0.25, 0.3) is 11.3 Å². The zero-order valence-electron chi connectivity index (χ0n) is 11.2. The van der Waals surface area contributed by atoms with Crippen molar-refractivity contribution in [3.63, 3.8) is 0 Å². The van der Waals surface area contributed by atoms with Gasteiger partial charge in [-0.15, -0.1) is 12.4 Å². The summed E-state index contributed by atoms with van der Waals surface area (Å²) in [7, 11) is 1.85. The SMILES string of the molecule is CN(CCC(=O)O)Cc1cc(-c2ccccc2)no1.Cl. The molecule has 0 fully saturated rings. The Bertz CT molecular complexity index is 542. The second-order valence-electron chi connectivity index (χ2n) is 4.43. The first kappa shape index (κ1) is 16.2. The lowest BCUT2D eigenvalue weighted by Crippen LogP contribution is -2.20. The number of aliphatic carboxylic acids is 1. The predicted octanol–water partition coefficient (Wildman–Crippen LogP) is 2.67. The lowest BCUT2D eigenvalue weighted by atomic mass is 10.1. The fourth-order valence-electron chi connectivity index (χ4n) is 1.76. The highest BCUT2D eigenvalue weighted by molar-refractivity contribution is 5.85. The van der Waals surface area contributed by atoms with Crippen LogP contribution in [0.2, 0.25) is 0 Å². The molecule has 108 valence electrons. The van der Waals surface area contributed by atoms with E-state index in [1.165, 1.54) is 0 Å². The number of carbonyl (C=O) groups is 1. The van der Waals surface area contributed by atoms with E-state index in [0.717, 1.165) is 17.0 Å². The van der Waals surface area contributed by atoms with Gasteiger partial charge in [0.05, 0.1) is 13.0 Å². The molecule has 2 aromatic rings. The van der Waals surface area contributed by atoms with Gasteiger partial charge >= 0.3 is 5.97 Å². The Hall–Kier alpha value is -1.85. The molecule has 1 N–H and O–H groups in total. The summed E-state index contributed by atoms with van der Waals surface area (Å²) in [5, 5.41) is 12.6. The van der Waals surface area contributed by atoms with Crippen LogP contribution in [0.15, 0.2) is 40.9 Å². The number of nitrogens with zero attached hydrogens (tertiary/aromatic N) is 2. The molecule has 0 bridgehead atoms. The minimum Gasteiger partial charge on any atom is -0.481 e. The van der Waals surface area contributed by atoms with Crippen molar-refractivity contribution in [3.8, 4) is 11.3 Å². The van der Waals surface area contributed by atoms with Gasteiger partial charge in [0.2, 0.25) is 0 Å². The molecule has 0 unspecified atom stereocenters. The number of hydrogen-bond donors (Lipinski definition) is 1. The summed E-state index contributed by atoms with van der Waals surface area (Å²) in [5.41, 5.74) is 1.80. The van der Waals surface area contributed by atoms with Gasteiger partial charge in [-0.25, -0.2) is 0 Å². The molecular formula is C14H17ClN2O3. The van der Waals surface area contributed by atoms with E-state index in [-0.39, 0.29) is 18.8 Å². The van der Waals surface area contributed by atoms with Crippen LogP contribution in [0.3, 0.4) is 0 Å². The van der Waals surface area contributed by atoms with Crippen molar-refractivity contribution in [2.24, 2.45) is 0 Å². The summed E-state index contributed by atoms with van der Waals surface area (Å²) in [4.78, 5) is 12.4. The predicted molar refractivity (Wildman–Crippen MR) is 77.8 cm³/mol. The van der Waals surface area contributed by atoms with Crippen molar-refractivity contribution in [2.45, 2.75) is 13.0 Å². The first-order chi connectivity index (χ1) is 9.15. The zero-order chi connectivity index (χ0) is 13.7. The lowest BCUT2D eigenvalue weighted by Gasteiger charge is -2.12. The van der Waals surface area contributed by atoms with E-state index in [9.17, 15) is 4.79 Å². The van der Waals surface area contributed by atoms with Gasteiger partial charge in [-0.2, -0.15) is 0 Å². The van der Waals surface area contributed by atoms with Gasteiger partial charge in [0.25, 0.3) is 0 Å². The van der Waals surface area contributed by atoms with E-state index in [1.54, 1.807) is 0 Å². The molecule has 0 spiro atoms. The van der Waals surface area contributed by atoms with Gasteiger partial charge in [0.1, 0.15) is 5.69 Å². The fraction of sp³-hybridized carbons (Fsp3) is 0.286. The molecule has 0 amide bonds. The molecule has 20 heavy (non-hydrogen) atoms. The molecule has 0 aliphatic rings. The van der Waals surface area contributed by atoms with Crippen LogP contribution >= 0.6 is 12.4 Å². The molecular weight excluding hydrogens is 280 g/mol. The van der Waals surface area contributed by atoms with Crippen LogP contribution < -0.4 is 0 Å². The molecule has 0 radical (unpaired) electrons. The van der Waals surface area contributed by atoms with Crippen LogP contribution in [0.4, 0.5) is 0 Å². The molecule has 1 heterocycles. The minimum absolute atomic E-state index is 0. The van der Waals surface area contributed by atoms with Crippen molar-refractivity contribution >= 4 is 18.4 Å². The third-order valence-electron chi connectivity index (χ3n) is 2.76. The Morgan fingerprint density at radius 3 is 2.70 bits per heavy atom. The van der Waals surface area contributed by atoms with E-state index in [0.29, 0.717) is 13.1 Å². The summed E-state index contributed by atoms with van der Waals surface area (Å²) >= 11 is 0. The molecule has 0 saturated heterocycles. The Morgan fingerprint density at radius 2 is 2.05 bits per heavy atom. The van der Waals surface area contributed by atoms with Crippen LogP contribution in [-0.2, 0) is 11.3 Å². The monoisotopic (exact) mass is 296 g/mol. The summed E-state index contributed by atoms with van der Waals surface area (Å²) in [6.07, 6.45) is 0.121. The lowest BCUT2D eigenvalue weighted by molar-refractivity contribution is -0.137. The Morgan fingerprint density at radius 1 is 1.35 bits per heavy atom. The van der Waals surface area contributed by atoms with Crippen LogP contribution in [0, 0.1) is 0 Å². The maximum absolute atomic E-state index is 10.5. The number of carboxylic acids is 1. The number of hydrogen-bond acceptors (Lipinski definition) is 4. The van der Waals surface area contributed by atoms with Crippen molar-refractivity contribution in [3.05, 3.63) is 42.2 Å². The Kier molecular flexibility index (Phi) is 6.21.